The first-order valence-electron chi connectivity index (χ1n) is 10.6. The number of fused-ring (bicyclic) bond motifs is 1. The molecular formula is C24H26N2O6. The number of urea groups is 1. The van der Waals surface area contributed by atoms with E-state index >= 15 is 0 Å². The van der Waals surface area contributed by atoms with Crippen molar-refractivity contribution in [2.24, 2.45) is 0 Å². The Hall–Kier alpha value is -3.55. The molecule has 4 rings (SSSR count). The Morgan fingerprint density at radius 1 is 1.09 bits per heavy atom. The smallest absolute Gasteiger partial charge is 0.325 e. The highest BCUT2D eigenvalue weighted by Gasteiger charge is 2.47. The normalized spacial score (nSPS) is 20.0. The highest BCUT2D eigenvalue weighted by Crippen LogP contribution is 2.31. The largest absolute Gasteiger partial charge is 0.497 e. The summed E-state index contributed by atoms with van der Waals surface area (Å²) in [5.41, 5.74) is 0.319. The number of amides is 3. The number of nitrogens with zero attached hydrogens (tertiary/aromatic N) is 1. The second-order valence-electron chi connectivity index (χ2n) is 8.14. The number of carbonyl (C=O) groups is 3. The van der Waals surface area contributed by atoms with Crippen LogP contribution in [-0.2, 0) is 11.2 Å². The quantitative estimate of drug-likeness (QED) is 0.528. The van der Waals surface area contributed by atoms with Gasteiger partial charge in [0.2, 0.25) is 0 Å². The van der Waals surface area contributed by atoms with Crippen LogP contribution < -0.4 is 19.5 Å². The van der Waals surface area contributed by atoms with Gasteiger partial charge in [-0.25, -0.2) is 4.79 Å². The number of hydrogen-bond donors (Lipinski definition) is 1. The Balaban J connectivity index is 1.42. The summed E-state index contributed by atoms with van der Waals surface area (Å²) in [4.78, 5) is 39.4. The van der Waals surface area contributed by atoms with Gasteiger partial charge in [0, 0.05) is 12.0 Å². The van der Waals surface area contributed by atoms with Gasteiger partial charge in [-0.15, -0.1) is 0 Å². The molecule has 32 heavy (non-hydrogen) atoms. The van der Waals surface area contributed by atoms with Crippen LogP contribution in [0.2, 0.25) is 0 Å². The molecule has 0 bridgehead atoms. The Bertz CT molecular complexity index is 1040. The van der Waals surface area contributed by atoms with Crippen LogP contribution >= 0.6 is 0 Å². The lowest BCUT2D eigenvalue weighted by molar-refractivity contribution is -0.130. The third kappa shape index (κ3) is 4.39. The van der Waals surface area contributed by atoms with E-state index in [1.165, 1.54) is 0 Å². The fraction of sp³-hybridized carbons (Fsp3) is 0.375. The number of hydrogen-bond acceptors (Lipinski definition) is 6. The van der Waals surface area contributed by atoms with Crippen molar-refractivity contribution in [1.82, 2.24) is 10.2 Å². The summed E-state index contributed by atoms with van der Waals surface area (Å²) in [6.07, 6.45) is 1.77. The summed E-state index contributed by atoms with van der Waals surface area (Å²) in [5.74, 6) is 1.09. The first kappa shape index (κ1) is 21.7. The summed E-state index contributed by atoms with van der Waals surface area (Å²) in [6, 6.07) is 11.9. The van der Waals surface area contributed by atoms with Gasteiger partial charge in [0.15, 0.2) is 17.3 Å². The lowest BCUT2D eigenvalue weighted by Gasteiger charge is -2.21. The number of methoxy groups -OCH3 is 1. The van der Waals surface area contributed by atoms with Crippen molar-refractivity contribution in [3.8, 4) is 17.2 Å². The van der Waals surface area contributed by atoms with Gasteiger partial charge in [0.1, 0.15) is 11.3 Å². The van der Waals surface area contributed by atoms with Gasteiger partial charge in [0.05, 0.1) is 26.9 Å². The van der Waals surface area contributed by atoms with Crippen LogP contribution in [-0.4, -0.2) is 55.0 Å². The van der Waals surface area contributed by atoms with Crippen molar-refractivity contribution in [2.45, 2.75) is 31.7 Å². The molecule has 0 aromatic heterocycles. The summed E-state index contributed by atoms with van der Waals surface area (Å²) in [7, 11) is 1.60. The van der Waals surface area contributed by atoms with Gasteiger partial charge in [-0.3, -0.25) is 14.5 Å². The van der Waals surface area contributed by atoms with Crippen molar-refractivity contribution in [1.29, 1.82) is 0 Å². The zero-order valence-electron chi connectivity index (χ0n) is 18.2. The molecular weight excluding hydrogens is 412 g/mol. The maximum absolute atomic E-state index is 13.0. The van der Waals surface area contributed by atoms with Crippen LogP contribution in [0.5, 0.6) is 17.2 Å². The Morgan fingerprint density at radius 2 is 1.81 bits per heavy atom. The van der Waals surface area contributed by atoms with E-state index in [2.05, 4.69) is 5.32 Å². The molecule has 8 nitrogen and oxygen atoms in total. The van der Waals surface area contributed by atoms with Crippen molar-refractivity contribution in [3.63, 3.8) is 0 Å². The number of rotatable bonds is 7. The Morgan fingerprint density at radius 3 is 2.53 bits per heavy atom. The molecule has 2 aromatic rings. The van der Waals surface area contributed by atoms with E-state index in [0.29, 0.717) is 43.1 Å². The Labute approximate surface area is 186 Å². The zero-order chi connectivity index (χ0) is 22.7. The van der Waals surface area contributed by atoms with E-state index in [1.807, 2.05) is 24.3 Å². The van der Waals surface area contributed by atoms with E-state index in [1.54, 1.807) is 32.2 Å². The summed E-state index contributed by atoms with van der Waals surface area (Å²) in [6.45, 7) is 2.42. The van der Waals surface area contributed by atoms with Crippen molar-refractivity contribution in [2.75, 3.05) is 26.9 Å². The highest BCUT2D eigenvalue weighted by molar-refractivity contribution is 6.11. The fourth-order valence-corrected chi connectivity index (χ4v) is 3.82. The molecule has 168 valence electrons. The molecule has 1 fully saturated rings. The monoisotopic (exact) mass is 438 g/mol. The minimum Gasteiger partial charge on any atom is -0.497 e. The maximum atomic E-state index is 13.0. The first-order valence-corrected chi connectivity index (χ1v) is 10.6. The molecule has 1 atom stereocenters. The maximum Gasteiger partial charge on any atom is 0.325 e. The number of ketones is 1. The van der Waals surface area contributed by atoms with Gasteiger partial charge in [-0.1, -0.05) is 12.1 Å². The van der Waals surface area contributed by atoms with Crippen molar-refractivity contribution in [3.05, 3.63) is 53.6 Å². The van der Waals surface area contributed by atoms with Crippen LogP contribution in [0.25, 0.3) is 0 Å². The lowest BCUT2D eigenvalue weighted by Crippen LogP contribution is -2.44. The number of carbonyl (C=O) groups excluding carboxylic acids is 3. The number of benzene rings is 2. The number of aryl methyl sites for hydroxylation is 1. The van der Waals surface area contributed by atoms with E-state index in [0.717, 1.165) is 22.6 Å². The molecule has 2 aliphatic heterocycles. The number of ether oxygens (including phenoxy) is 3. The standard InChI is InChI=1S/C24H26N2O6/c1-24(11-10-16-4-7-18(30-2)8-5-16)22(28)26(23(29)25-24)15-19(27)17-6-9-20-21(14-17)32-13-3-12-31-20/h4-9,14H,3,10-13,15H2,1-2H3,(H,25,29)/t24-/m1/s1. The van der Waals surface area contributed by atoms with E-state index < -0.39 is 17.5 Å². The van der Waals surface area contributed by atoms with Crippen LogP contribution in [0, 0.1) is 0 Å². The molecule has 0 unspecified atom stereocenters. The molecule has 1 saturated heterocycles. The zero-order valence-corrected chi connectivity index (χ0v) is 18.2. The minimum absolute atomic E-state index is 0.331. The second-order valence-corrected chi connectivity index (χ2v) is 8.14. The van der Waals surface area contributed by atoms with Crippen LogP contribution in [0.3, 0.4) is 0 Å². The van der Waals surface area contributed by atoms with Crippen LogP contribution in [0.4, 0.5) is 4.79 Å². The van der Waals surface area contributed by atoms with Gasteiger partial charge in [-0.2, -0.15) is 0 Å². The van der Waals surface area contributed by atoms with Crippen molar-refractivity contribution >= 4 is 17.7 Å². The average Bonchev–Trinajstić information content (AvgIpc) is 2.96. The van der Waals surface area contributed by atoms with Crippen LogP contribution in [0.15, 0.2) is 42.5 Å². The third-order valence-electron chi connectivity index (χ3n) is 5.79. The predicted molar refractivity (Wildman–Crippen MR) is 116 cm³/mol. The molecule has 0 spiro atoms. The van der Waals surface area contributed by atoms with Crippen molar-refractivity contribution < 1.29 is 28.6 Å². The van der Waals surface area contributed by atoms with Gasteiger partial charge in [0.25, 0.3) is 5.91 Å². The minimum atomic E-state index is -1.07. The number of imide groups is 1. The van der Waals surface area contributed by atoms with Gasteiger partial charge < -0.3 is 19.5 Å². The fourth-order valence-electron chi connectivity index (χ4n) is 3.82. The topological polar surface area (TPSA) is 94.2 Å². The van der Waals surface area contributed by atoms with Gasteiger partial charge >= 0.3 is 6.03 Å². The molecule has 0 radical (unpaired) electrons. The third-order valence-corrected chi connectivity index (χ3v) is 5.79. The van der Waals surface area contributed by atoms with E-state index in [4.69, 9.17) is 14.2 Å². The summed E-state index contributed by atoms with van der Waals surface area (Å²) < 4.78 is 16.4. The number of Topliss-reactive ketones (excluding diaryl/α,β-unsaturated/α-hetero) is 1. The Kier molecular flexibility index (Phi) is 6.03. The molecule has 8 heteroatoms. The molecule has 2 heterocycles. The first-order chi connectivity index (χ1) is 15.4. The molecule has 0 aliphatic carbocycles. The SMILES string of the molecule is COc1ccc(CC[C@@]2(C)NC(=O)N(CC(=O)c3ccc4c(c3)OCCCO4)C2=O)cc1. The van der Waals surface area contributed by atoms with E-state index in [-0.39, 0.29) is 12.3 Å². The lowest BCUT2D eigenvalue weighted by atomic mass is 9.93. The predicted octanol–water partition coefficient (Wildman–Crippen LogP) is 2.98. The average molecular weight is 438 g/mol. The molecule has 2 aromatic carbocycles. The number of nitrogens with one attached hydrogen (secondary N) is 1. The molecule has 1 N–H and O–H groups in total. The summed E-state index contributed by atoms with van der Waals surface area (Å²) >= 11 is 0. The molecule has 3 amide bonds. The molecule has 2 aliphatic rings. The highest BCUT2D eigenvalue weighted by atomic mass is 16.5. The van der Waals surface area contributed by atoms with E-state index in [9.17, 15) is 14.4 Å². The molecule has 0 saturated carbocycles. The summed E-state index contributed by atoms with van der Waals surface area (Å²) in [5, 5.41) is 2.75. The van der Waals surface area contributed by atoms with Gasteiger partial charge in [-0.05, 0) is 55.7 Å². The van der Waals surface area contributed by atoms with Crippen LogP contribution in [0.1, 0.15) is 35.7 Å². The second kappa shape index (κ2) is 8.90.